The van der Waals surface area contributed by atoms with E-state index in [9.17, 15) is 4.79 Å². The molecular weight excluding hydrogens is 298 g/mol. The fourth-order valence-electron chi connectivity index (χ4n) is 2.19. The number of hydrogen-bond acceptors (Lipinski definition) is 8. The van der Waals surface area contributed by atoms with Gasteiger partial charge in [0.2, 0.25) is 11.7 Å². The zero-order valence-corrected chi connectivity index (χ0v) is 12.1. The fraction of sp³-hybridized carbons (Fsp3) is 0.0667. The Morgan fingerprint density at radius 1 is 1.13 bits per heavy atom. The standard InChI is InChI=1S/C15H11N5O3/c1-9-4-6-10(7-5-9)20-12(15(21)23-19-20)14-16-13(17-18-14)11-3-2-8-22-11/h2-8,19H,1H3/b14-12-. The highest BCUT2D eigenvalue weighted by Gasteiger charge is 2.34. The number of hydrogen-bond donors (Lipinski definition) is 1. The molecule has 0 unspecified atom stereocenters. The predicted octanol–water partition coefficient (Wildman–Crippen LogP) is 2.45. The zero-order valence-electron chi connectivity index (χ0n) is 12.1. The van der Waals surface area contributed by atoms with Gasteiger partial charge in [-0.25, -0.2) is 9.80 Å². The van der Waals surface area contributed by atoms with Crippen molar-refractivity contribution >= 4 is 17.5 Å². The molecule has 3 heterocycles. The summed E-state index contributed by atoms with van der Waals surface area (Å²) in [7, 11) is 0. The van der Waals surface area contributed by atoms with Crippen molar-refractivity contribution in [3.63, 3.8) is 0 Å². The van der Waals surface area contributed by atoms with Crippen LogP contribution in [0.5, 0.6) is 0 Å². The molecule has 0 aliphatic carbocycles. The van der Waals surface area contributed by atoms with Crippen LogP contribution in [0.3, 0.4) is 0 Å². The lowest BCUT2D eigenvalue weighted by molar-refractivity contribution is -0.140. The molecule has 1 aromatic heterocycles. The number of aryl methyl sites for hydroxylation is 1. The van der Waals surface area contributed by atoms with E-state index in [-0.39, 0.29) is 11.5 Å². The van der Waals surface area contributed by atoms with Crippen molar-refractivity contribution in [2.45, 2.75) is 6.92 Å². The Balaban J connectivity index is 1.75. The Bertz CT molecular complexity index is 850. The number of aliphatic imine (C=N–C) groups is 1. The Labute approximate surface area is 130 Å². The highest BCUT2D eigenvalue weighted by molar-refractivity contribution is 6.01. The molecule has 114 valence electrons. The number of rotatable bonds is 2. The highest BCUT2D eigenvalue weighted by Crippen LogP contribution is 2.28. The van der Waals surface area contributed by atoms with Gasteiger partial charge in [-0.05, 0) is 31.2 Å². The lowest BCUT2D eigenvalue weighted by Gasteiger charge is -2.15. The van der Waals surface area contributed by atoms with Gasteiger partial charge < -0.3 is 9.25 Å². The lowest BCUT2D eigenvalue weighted by atomic mass is 10.2. The maximum absolute atomic E-state index is 12.0. The van der Waals surface area contributed by atoms with Crippen molar-refractivity contribution in [1.29, 1.82) is 0 Å². The van der Waals surface area contributed by atoms with E-state index in [0.717, 1.165) is 11.3 Å². The first-order chi connectivity index (χ1) is 11.2. The molecule has 0 atom stereocenters. The van der Waals surface area contributed by atoms with Crippen LogP contribution in [0.4, 0.5) is 5.69 Å². The smallest absolute Gasteiger partial charge is 0.380 e. The molecule has 1 saturated heterocycles. The molecule has 0 radical (unpaired) electrons. The number of anilines is 1. The second-order valence-corrected chi connectivity index (χ2v) is 4.94. The first-order valence-electron chi connectivity index (χ1n) is 6.84. The molecule has 8 heteroatoms. The van der Waals surface area contributed by atoms with Crippen molar-refractivity contribution in [3.8, 4) is 0 Å². The molecule has 1 fully saturated rings. The fourth-order valence-corrected chi connectivity index (χ4v) is 2.19. The van der Waals surface area contributed by atoms with Crippen LogP contribution in [0.25, 0.3) is 0 Å². The number of azo groups is 1. The Morgan fingerprint density at radius 3 is 2.70 bits per heavy atom. The summed E-state index contributed by atoms with van der Waals surface area (Å²) in [5, 5.41) is 9.38. The van der Waals surface area contributed by atoms with Crippen molar-refractivity contribution in [2.75, 3.05) is 5.01 Å². The predicted molar refractivity (Wildman–Crippen MR) is 80.0 cm³/mol. The van der Waals surface area contributed by atoms with Crippen molar-refractivity contribution in [3.05, 3.63) is 65.5 Å². The number of carbonyl (C=O) groups is 1. The Hall–Kier alpha value is -3.26. The minimum Gasteiger partial charge on any atom is -0.461 e. The third-order valence-corrected chi connectivity index (χ3v) is 3.34. The van der Waals surface area contributed by atoms with Crippen LogP contribution in [-0.4, -0.2) is 11.8 Å². The summed E-state index contributed by atoms with van der Waals surface area (Å²) in [6.45, 7) is 1.98. The molecule has 1 N–H and O–H groups in total. The van der Waals surface area contributed by atoms with E-state index in [2.05, 4.69) is 20.8 Å². The van der Waals surface area contributed by atoms with E-state index in [4.69, 9.17) is 9.25 Å². The van der Waals surface area contributed by atoms with Crippen LogP contribution in [0.15, 0.2) is 73.8 Å². The molecule has 2 aromatic rings. The van der Waals surface area contributed by atoms with Crippen LogP contribution in [0, 0.1) is 6.92 Å². The largest absolute Gasteiger partial charge is 0.461 e. The summed E-state index contributed by atoms with van der Waals surface area (Å²) in [6, 6.07) is 11.0. The van der Waals surface area contributed by atoms with Gasteiger partial charge in [0.25, 0.3) is 0 Å². The molecule has 0 amide bonds. The van der Waals surface area contributed by atoms with Gasteiger partial charge >= 0.3 is 5.97 Å². The van der Waals surface area contributed by atoms with Gasteiger partial charge in [0, 0.05) is 0 Å². The van der Waals surface area contributed by atoms with Crippen LogP contribution in [0.2, 0.25) is 0 Å². The maximum Gasteiger partial charge on any atom is 0.380 e. The van der Waals surface area contributed by atoms with Gasteiger partial charge in [-0.15, -0.1) is 10.2 Å². The molecule has 23 heavy (non-hydrogen) atoms. The highest BCUT2D eigenvalue weighted by atomic mass is 16.7. The number of nitrogens with zero attached hydrogens (tertiary/aromatic N) is 4. The summed E-state index contributed by atoms with van der Waals surface area (Å²) in [6.07, 6.45) is 1.52. The average molecular weight is 309 g/mol. The van der Waals surface area contributed by atoms with E-state index in [1.165, 1.54) is 11.3 Å². The molecule has 0 spiro atoms. The van der Waals surface area contributed by atoms with E-state index < -0.39 is 5.97 Å². The van der Waals surface area contributed by atoms with Crippen LogP contribution in [-0.2, 0) is 9.63 Å². The second kappa shape index (κ2) is 5.18. The Kier molecular flexibility index (Phi) is 3.02. The van der Waals surface area contributed by atoms with Gasteiger partial charge in [-0.1, -0.05) is 23.3 Å². The molecule has 2 aliphatic heterocycles. The maximum atomic E-state index is 12.0. The molecule has 0 bridgehead atoms. The number of benzene rings is 1. The number of nitrogens with one attached hydrogen (secondary N) is 1. The van der Waals surface area contributed by atoms with Crippen molar-refractivity contribution in [2.24, 2.45) is 15.2 Å². The zero-order chi connectivity index (χ0) is 15.8. The van der Waals surface area contributed by atoms with E-state index in [1.54, 1.807) is 12.1 Å². The monoisotopic (exact) mass is 309 g/mol. The van der Waals surface area contributed by atoms with E-state index in [0.29, 0.717) is 11.6 Å². The second-order valence-electron chi connectivity index (χ2n) is 4.94. The summed E-state index contributed by atoms with van der Waals surface area (Å²) in [5.74, 6) is 0.363. The third-order valence-electron chi connectivity index (χ3n) is 3.34. The molecule has 1 aromatic carbocycles. The Morgan fingerprint density at radius 2 is 1.96 bits per heavy atom. The minimum absolute atomic E-state index is 0.159. The number of hydrazine groups is 1. The molecular formula is C15H11N5O3. The average Bonchev–Trinajstić information content (AvgIpc) is 3.27. The van der Waals surface area contributed by atoms with Gasteiger partial charge in [-0.3, -0.25) is 0 Å². The number of amidine groups is 1. The first-order valence-corrected chi connectivity index (χ1v) is 6.84. The van der Waals surface area contributed by atoms with Gasteiger partial charge in [0.1, 0.15) is 0 Å². The third kappa shape index (κ3) is 2.30. The summed E-state index contributed by atoms with van der Waals surface area (Å²) < 4.78 is 5.23. The van der Waals surface area contributed by atoms with Crippen LogP contribution >= 0.6 is 0 Å². The van der Waals surface area contributed by atoms with Gasteiger partial charge in [0.05, 0.1) is 12.0 Å². The summed E-state index contributed by atoms with van der Waals surface area (Å²) in [4.78, 5) is 21.2. The molecule has 2 aliphatic rings. The molecule has 0 saturated carbocycles. The number of carbonyl (C=O) groups excluding carboxylic acids is 1. The van der Waals surface area contributed by atoms with E-state index >= 15 is 0 Å². The quantitative estimate of drug-likeness (QED) is 0.860. The molecule has 8 nitrogen and oxygen atoms in total. The normalized spacial score (nSPS) is 20.1. The van der Waals surface area contributed by atoms with Crippen molar-refractivity contribution < 1.29 is 14.0 Å². The van der Waals surface area contributed by atoms with Crippen LogP contribution in [0.1, 0.15) is 11.3 Å². The van der Waals surface area contributed by atoms with Gasteiger partial charge in [-0.2, -0.15) is 4.99 Å². The summed E-state index contributed by atoms with van der Waals surface area (Å²) in [5.41, 5.74) is 4.54. The first kappa shape index (κ1) is 13.4. The SMILES string of the molecule is Cc1ccc(N2NOC(=O)/C2=C2/N=NC(c3ccco3)=N2)cc1. The van der Waals surface area contributed by atoms with Crippen LogP contribution < -0.4 is 10.6 Å². The van der Waals surface area contributed by atoms with Gasteiger partial charge in [0.15, 0.2) is 11.5 Å². The lowest BCUT2D eigenvalue weighted by Crippen LogP contribution is -2.29. The van der Waals surface area contributed by atoms with E-state index in [1.807, 2.05) is 31.2 Å². The van der Waals surface area contributed by atoms with Crippen molar-refractivity contribution in [1.82, 2.24) is 5.59 Å². The summed E-state index contributed by atoms with van der Waals surface area (Å²) >= 11 is 0. The number of furan rings is 1. The molecule has 4 rings (SSSR count). The topological polar surface area (TPSA) is 91.8 Å². The minimum atomic E-state index is -0.580.